The van der Waals surface area contributed by atoms with Crippen molar-refractivity contribution in [3.05, 3.63) is 24.0 Å². The van der Waals surface area contributed by atoms with E-state index in [2.05, 4.69) is 4.98 Å². The first-order valence-corrected chi connectivity index (χ1v) is 4.27. The third-order valence-electron chi connectivity index (χ3n) is 1.90. The van der Waals surface area contributed by atoms with Crippen molar-refractivity contribution in [2.24, 2.45) is 5.73 Å². The third kappa shape index (κ3) is 2.43. The first-order valence-electron chi connectivity index (χ1n) is 4.27. The Bertz CT molecular complexity index is 326. The average molecular weight is 194 g/mol. The van der Waals surface area contributed by atoms with Crippen LogP contribution in [0.1, 0.15) is 5.69 Å². The fourth-order valence-electron chi connectivity index (χ4n) is 1.08. The Kier molecular flexibility index (Phi) is 3.41. The highest BCUT2D eigenvalue weighted by Crippen LogP contribution is 2.11. The van der Waals surface area contributed by atoms with E-state index in [1.54, 1.807) is 12.3 Å². The highest BCUT2D eigenvalue weighted by Gasteiger charge is 2.03. The fourth-order valence-corrected chi connectivity index (χ4v) is 1.08. The molecule has 76 valence electrons. The van der Waals surface area contributed by atoms with E-state index in [4.69, 9.17) is 16.2 Å². The maximum absolute atomic E-state index is 8.75. The Hall–Kier alpha value is -1.62. The van der Waals surface area contributed by atoms with Crippen molar-refractivity contribution < 1.29 is 5.11 Å². The molecule has 0 bridgehead atoms. The zero-order chi connectivity index (χ0) is 10.6. The molecular formula is C9H14N4O. The minimum atomic E-state index is -0.0516. The van der Waals surface area contributed by atoms with E-state index in [1.807, 2.05) is 18.0 Å². The first kappa shape index (κ1) is 10.5. The minimum Gasteiger partial charge on any atom is -0.395 e. The Balaban J connectivity index is 2.87. The van der Waals surface area contributed by atoms with Crippen LogP contribution in [0.3, 0.4) is 0 Å². The zero-order valence-corrected chi connectivity index (χ0v) is 8.07. The van der Waals surface area contributed by atoms with Crippen molar-refractivity contribution in [2.75, 3.05) is 25.1 Å². The molecule has 4 N–H and O–H groups in total. The maximum atomic E-state index is 8.75. The van der Waals surface area contributed by atoms with E-state index < -0.39 is 0 Å². The minimum absolute atomic E-state index is 0.0516. The normalized spacial score (nSPS) is 9.86. The molecule has 0 aliphatic heterocycles. The van der Waals surface area contributed by atoms with Gasteiger partial charge in [-0.25, -0.2) is 0 Å². The number of aromatic nitrogens is 1. The van der Waals surface area contributed by atoms with Gasteiger partial charge in [0.2, 0.25) is 0 Å². The van der Waals surface area contributed by atoms with Crippen LogP contribution in [0.15, 0.2) is 18.3 Å². The second kappa shape index (κ2) is 4.57. The van der Waals surface area contributed by atoms with Gasteiger partial charge in [-0.2, -0.15) is 0 Å². The Morgan fingerprint density at radius 2 is 2.43 bits per heavy atom. The molecular weight excluding hydrogens is 180 g/mol. The van der Waals surface area contributed by atoms with Gasteiger partial charge in [-0.3, -0.25) is 10.4 Å². The number of rotatable bonds is 4. The lowest BCUT2D eigenvalue weighted by Gasteiger charge is -2.17. The monoisotopic (exact) mass is 194 g/mol. The summed E-state index contributed by atoms with van der Waals surface area (Å²) < 4.78 is 0. The van der Waals surface area contributed by atoms with E-state index in [9.17, 15) is 0 Å². The van der Waals surface area contributed by atoms with Crippen LogP contribution in [-0.4, -0.2) is 36.1 Å². The summed E-state index contributed by atoms with van der Waals surface area (Å²) in [7, 11) is 1.86. The molecule has 5 heteroatoms. The largest absolute Gasteiger partial charge is 0.395 e. The number of anilines is 1. The lowest BCUT2D eigenvalue weighted by Crippen LogP contribution is -2.22. The van der Waals surface area contributed by atoms with Crippen LogP contribution < -0.4 is 10.6 Å². The number of hydrogen-bond donors (Lipinski definition) is 3. The van der Waals surface area contributed by atoms with Crippen molar-refractivity contribution in [3.63, 3.8) is 0 Å². The molecule has 1 aromatic heterocycles. The highest BCUT2D eigenvalue weighted by molar-refractivity contribution is 5.93. The Morgan fingerprint density at radius 1 is 1.71 bits per heavy atom. The smallest absolute Gasteiger partial charge is 0.141 e. The van der Waals surface area contributed by atoms with Gasteiger partial charge in [-0.05, 0) is 12.1 Å². The van der Waals surface area contributed by atoms with E-state index in [-0.39, 0.29) is 12.4 Å². The number of nitrogens with zero attached hydrogens (tertiary/aromatic N) is 2. The zero-order valence-electron chi connectivity index (χ0n) is 8.07. The number of amidine groups is 1. The van der Waals surface area contributed by atoms with Gasteiger partial charge in [-0.15, -0.1) is 0 Å². The number of aliphatic hydroxyl groups is 1. The van der Waals surface area contributed by atoms with Crippen molar-refractivity contribution >= 4 is 11.5 Å². The molecule has 0 aliphatic rings. The molecule has 14 heavy (non-hydrogen) atoms. The molecule has 0 aromatic carbocycles. The van der Waals surface area contributed by atoms with Crippen molar-refractivity contribution in [2.45, 2.75) is 0 Å². The molecule has 0 unspecified atom stereocenters. The molecule has 0 saturated heterocycles. The molecule has 0 saturated carbocycles. The van der Waals surface area contributed by atoms with Gasteiger partial charge < -0.3 is 15.7 Å². The summed E-state index contributed by atoms with van der Waals surface area (Å²) >= 11 is 0. The first-order chi connectivity index (χ1) is 6.65. The van der Waals surface area contributed by atoms with Crippen molar-refractivity contribution in [1.82, 2.24) is 4.98 Å². The summed E-state index contributed by atoms with van der Waals surface area (Å²) in [6.07, 6.45) is 1.60. The third-order valence-corrected chi connectivity index (χ3v) is 1.90. The summed E-state index contributed by atoms with van der Waals surface area (Å²) in [4.78, 5) is 5.81. The molecule has 1 rings (SSSR count). The van der Waals surface area contributed by atoms with Crippen LogP contribution in [0.2, 0.25) is 0 Å². The summed E-state index contributed by atoms with van der Waals surface area (Å²) in [5.74, 6) is -0.0516. The lowest BCUT2D eigenvalue weighted by atomic mass is 10.3. The summed E-state index contributed by atoms with van der Waals surface area (Å²) in [5, 5.41) is 16.0. The summed E-state index contributed by atoms with van der Waals surface area (Å²) in [6.45, 7) is 0.635. The predicted octanol–water partition coefficient (Wildman–Crippen LogP) is -0.206. The number of nitrogens with two attached hydrogens (primary N) is 1. The summed E-state index contributed by atoms with van der Waals surface area (Å²) in [6, 6.07) is 3.53. The fraction of sp³-hybridized carbons (Fsp3) is 0.333. The molecule has 0 aliphatic carbocycles. The van der Waals surface area contributed by atoms with Crippen molar-refractivity contribution in [1.29, 1.82) is 5.41 Å². The van der Waals surface area contributed by atoms with Crippen LogP contribution in [0.25, 0.3) is 0 Å². The molecule has 0 atom stereocenters. The SMILES string of the molecule is CN(CCO)c1ccnc(C(=N)N)c1. The van der Waals surface area contributed by atoms with Gasteiger partial charge in [0, 0.05) is 25.5 Å². The quantitative estimate of drug-likeness (QED) is 0.457. The van der Waals surface area contributed by atoms with E-state index in [1.165, 1.54) is 0 Å². The number of pyridine rings is 1. The molecule has 0 spiro atoms. The number of nitrogens with one attached hydrogen (secondary N) is 1. The lowest BCUT2D eigenvalue weighted by molar-refractivity contribution is 0.304. The van der Waals surface area contributed by atoms with E-state index >= 15 is 0 Å². The molecule has 5 nitrogen and oxygen atoms in total. The summed E-state index contributed by atoms with van der Waals surface area (Å²) in [5.41, 5.74) is 6.65. The molecule has 0 amide bonds. The van der Waals surface area contributed by atoms with Crippen LogP contribution >= 0.6 is 0 Å². The Morgan fingerprint density at radius 3 is 3.00 bits per heavy atom. The van der Waals surface area contributed by atoms with Gasteiger partial charge >= 0.3 is 0 Å². The standard InChI is InChI=1S/C9H14N4O/c1-13(4-5-14)7-2-3-12-8(6-7)9(10)11/h2-3,6,14H,4-5H2,1H3,(H3,10,11). The predicted molar refractivity (Wildman–Crippen MR) is 55.6 cm³/mol. The van der Waals surface area contributed by atoms with Crippen LogP contribution in [0.4, 0.5) is 5.69 Å². The topological polar surface area (TPSA) is 86.2 Å². The second-order valence-corrected chi connectivity index (χ2v) is 2.96. The van der Waals surface area contributed by atoms with Gasteiger partial charge in [0.25, 0.3) is 0 Å². The number of aliphatic hydroxyl groups excluding tert-OH is 1. The van der Waals surface area contributed by atoms with Crippen LogP contribution in [0.5, 0.6) is 0 Å². The Labute approximate surface area is 82.7 Å². The molecule has 0 fully saturated rings. The van der Waals surface area contributed by atoms with Gasteiger partial charge in [0.1, 0.15) is 11.5 Å². The highest BCUT2D eigenvalue weighted by atomic mass is 16.3. The number of likely N-dealkylation sites (N-methyl/N-ethyl adjacent to an activating group) is 1. The second-order valence-electron chi connectivity index (χ2n) is 2.96. The molecule has 0 radical (unpaired) electrons. The van der Waals surface area contributed by atoms with Gasteiger partial charge in [0.05, 0.1) is 6.61 Å². The number of hydrogen-bond acceptors (Lipinski definition) is 4. The van der Waals surface area contributed by atoms with E-state index in [0.717, 1.165) is 5.69 Å². The van der Waals surface area contributed by atoms with Gasteiger partial charge in [0.15, 0.2) is 0 Å². The molecule has 1 heterocycles. The number of nitrogen functional groups attached to an aromatic ring is 1. The maximum Gasteiger partial charge on any atom is 0.141 e. The average Bonchev–Trinajstić information content (AvgIpc) is 2.18. The van der Waals surface area contributed by atoms with Crippen LogP contribution in [-0.2, 0) is 0 Å². The van der Waals surface area contributed by atoms with Crippen molar-refractivity contribution in [3.8, 4) is 0 Å². The van der Waals surface area contributed by atoms with E-state index in [0.29, 0.717) is 12.2 Å². The van der Waals surface area contributed by atoms with Crippen LogP contribution in [0, 0.1) is 5.41 Å². The molecule has 1 aromatic rings. The van der Waals surface area contributed by atoms with Gasteiger partial charge in [-0.1, -0.05) is 0 Å².